The fourth-order valence-electron chi connectivity index (χ4n) is 3.32. The molecule has 1 heterocycles. The van der Waals surface area contributed by atoms with Crippen molar-refractivity contribution >= 4 is 15.9 Å². The van der Waals surface area contributed by atoms with Crippen LogP contribution in [-0.2, 0) is 21.4 Å². The third kappa shape index (κ3) is 5.33. The van der Waals surface area contributed by atoms with Crippen molar-refractivity contribution in [1.29, 1.82) is 0 Å². The van der Waals surface area contributed by atoms with E-state index in [0.29, 0.717) is 26.0 Å². The van der Waals surface area contributed by atoms with Crippen molar-refractivity contribution in [3.05, 3.63) is 59.9 Å². The average Bonchev–Trinajstić information content (AvgIpc) is 2.73. The van der Waals surface area contributed by atoms with Crippen molar-refractivity contribution in [1.82, 2.24) is 9.62 Å². The van der Waals surface area contributed by atoms with Crippen molar-refractivity contribution in [3.63, 3.8) is 0 Å². The van der Waals surface area contributed by atoms with E-state index in [-0.39, 0.29) is 29.8 Å². The fourth-order valence-corrected chi connectivity index (χ4v) is 4.79. The molecule has 1 aliphatic heterocycles. The number of benzene rings is 2. The van der Waals surface area contributed by atoms with Crippen molar-refractivity contribution in [2.75, 3.05) is 19.7 Å². The van der Waals surface area contributed by atoms with Crippen molar-refractivity contribution < 1.29 is 22.3 Å². The standard InChI is InChI=1S/C21H25FN2O4S/c1-2-28-19-7-3-16(4-8-19)15-23-21(25)17-11-13-24(14-12-17)29(26,27)20-9-5-18(22)6-10-20/h3-10,17H,2,11-15H2,1H3,(H,23,25). The predicted octanol–water partition coefficient (Wildman–Crippen LogP) is 2.94. The number of hydrogen-bond donors (Lipinski definition) is 1. The molecule has 0 aromatic heterocycles. The van der Waals surface area contributed by atoms with Crippen molar-refractivity contribution in [2.45, 2.75) is 31.2 Å². The molecule has 0 radical (unpaired) electrons. The van der Waals surface area contributed by atoms with Crippen LogP contribution in [-0.4, -0.2) is 38.3 Å². The summed E-state index contributed by atoms with van der Waals surface area (Å²) in [6, 6.07) is 12.3. The summed E-state index contributed by atoms with van der Waals surface area (Å²) in [4.78, 5) is 12.5. The van der Waals surface area contributed by atoms with E-state index in [1.165, 1.54) is 16.4 Å². The minimum absolute atomic E-state index is 0.0669. The highest BCUT2D eigenvalue weighted by molar-refractivity contribution is 7.89. The second kappa shape index (κ2) is 9.37. The van der Waals surface area contributed by atoms with Gasteiger partial charge in [-0.3, -0.25) is 4.79 Å². The lowest BCUT2D eigenvalue weighted by Gasteiger charge is -2.30. The molecule has 0 bridgehead atoms. The van der Waals surface area contributed by atoms with Crippen LogP contribution in [0.1, 0.15) is 25.3 Å². The lowest BCUT2D eigenvalue weighted by Crippen LogP contribution is -2.42. The van der Waals surface area contributed by atoms with Crippen LogP contribution in [0.4, 0.5) is 4.39 Å². The number of rotatable bonds is 7. The summed E-state index contributed by atoms with van der Waals surface area (Å²) >= 11 is 0. The zero-order valence-corrected chi connectivity index (χ0v) is 17.1. The third-order valence-corrected chi connectivity index (χ3v) is 6.89. The molecule has 1 amide bonds. The Morgan fingerprint density at radius 3 is 2.31 bits per heavy atom. The molecule has 2 aromatic carbocycles. The van der Waals surface area contributed by atoms with Crippen LogP contribution in [0.3, 0.4) is 0 Å². The van der Waals surface area contributed by atoms with Crippen molar-refractivity contribution in [2.24, 2.45) is 5.92 Å². The summed E-state index contributed by atoms with van der Waals surface area (Å²) in [7, 11) is -3.67. The van der Waals surface area contributed by atoms with Gasteiger partial charge in [0.1, 0.15) is 11.6 Å². The number of ether oxygens (including phenoxy) is 1. The maximum Gasteiger partial charge on any atom is 0.243 e. The molecule has 1 N–H and O–H groups in total. The van der Waals surface area contributed by atoms with Gasteiger partial charge in [0, 0.05) is 25.6 Å². The minimum atomic E-state index is -3.67. The minimum Gasteiger partial charge on any atom is -0.494 e. The number of nitrogens with one attached hydrogen (secondary N) is 1. The van der Waals surface area contributed by atoms with Gasteiger partial charge in [-0.25, -0.2) is 12.8 Å². The largest absolute Gasteiger partial charge is 0.494 e. The number of carbonyl (C=O) groups is 1. The monoisotopic (exact) mass is 420 g/mol. The Labute approximate surface area is 170 Å². The number of halogens is 1. The maximum atomic E-state index is 13.0. The molecule has 1 aliphatic rings. The van der Waals surface area contributed by atoms with Gasteiger partial charge in [0.25, 0.3) is 0 Å². The Morgan fingerprint density at radius 1 is 1.10 bits per heavy atom. The van der Waals surface area contributed by atoms with Crippen LogP contribution in [0, 0.1) is 11.7 Å². The summed E-state index contributed by atoms with van der Waals surface area (Å²) in [5, 5.41) is 2.92. The van der Waals surface area contributed by atoms with Gasteiger partial charge in [-0.05, 0) is 61.7 Å². The summed E-state index contributed by atoms with van der Waals surface area (Å²) in [5.41, 5.74) is 0.970. The van der Waals surface area contributed by atoms with E-state index in [1.807, 2.05) is 31.2 Å². The Kier molecular flexibility index (Phi) is 6.87. The summed E-state index contributed by atoms with van der Waals surface area (Å²) < 4.78 is 45.1. The smallest absolute Gasteiger partial charge is 0.243 e. The maximum absolute atomic E-state index is 13.0. The Balaban J connectivity index is 1.50. The van der Waals surface area contributed by atoms with Gasteiger partial charge in [0.15, 0.2) is 0 Å². The molecule has 0 spiro atoms. The molecule has 0 saturated carbocycles. The number of sulfonamides is 1. The van der Waals surface area contributed by atoms with Crippen LogP contribution >= 0.6 is 0 Å². The Bertz CT molecular complexity index is 922. The second-order valence-corrected chi connectivity index (χ2v) is 8.86. The predicted molar refractivity (Wildman–Crippen MR) is 107 cm³/mol. The number of carbonyl (C=O) groups excluding carboxylic acids is 1. The zero-order chi connectivity index (χ0) is 20.9. The highest BCUT2D eigenvalue weighted by Gasteiger charge is 2.32. The van der Waals surface area contributed by atoms with Crippen LogP contribution < -0.4 is 10.1 Å². The first-order valence-electron chi connectivity index (χ1n) is 9.65. The van der Waals surface area contributed by atoms with Crippen LogP contribution in [0.2, 0.25) is 0 Å². The first-order chi connectivity index (χ1) is 13.9. The van der Waals surface area contributed by atoms with E-state index >= 15 is 0 Å². The Hall–Kier alpha value is -2.45. The van der Waals surface area contributed by atoms with E-state index in [0.717, 1.165) is 23.4 Å². The molecule has 3 rings (SSSR count). The lowest BCUT2D eigenvalue weighted by atomic mass is 9.97. The van der Waals surface area contributed by atoms with Crippen LogP contribution in [0.25, 0.3) is 0 Å². The Morgan fingerprint density at radius 2 is 1.72 bits per heavy atom. The highest BCUT2D eigenvalue weighted by Crippen LogP contribution is 2.24. The van der Waals surface area contributed by atoms with E-state index < -0.39 is 15.8 Å². The molecular weight excluding hydrogens is 395 g/mol. The van der Waals surface area contributed by atoms with Gasteiger partial charge in [-0.2, -0.15) is 4.31 Å². The second-order valence-electron chi connectivity index (χ2n) is 6.93. The molecule has 6 nitrogen and oxygen atoms in total. The third-order valence-electron chi connectivity index (χ3n) is 4.98. The molecule has 2 aromatic rings. The van der Waals surface area contributed by atoms with Crippen LogP contribution in [0.15, 0.2) is 53.4 Å². The number of hydrogen-bond acceptors (Lipinski definition) is 4. The SMILES string of the molecule is CCOc1ccc(CNC(=O)C2CCN(S(=O)(=O)c3ccc(F)cc3)CC2)cc1. The van der Waals surface area contributed by atoms with Gasteiger partial charge in [0.05, 0.1) is 11.5 Å². The first kappa shape index (κ1) is 21.3. The van der Waals surface area contributed by atoms with E-state index in [4.69, 9.17) is 4.74 Å². The molecule has 1 fully saturated rings. The summed E-state index contributed by atoms with van der Waals surface area (Å²) in [6.07, 6.45) is 0.908. The number of amides is 1. The molecule has 29 heavy (non-hydrogen) atoms. The zero-order valence-electron chi connectivity index (χ0n) is 16.3. The molecule has 8 heteroatoms. The van der Waals surface area contributed by atoms with Gasteiger partial charge in [-0.15, -0.1) is 0 Å². The quantitative estimate of drug-likeness (QED) is 0.747. The normalized spacial score (nSPS) is 15.8. The topological polar surface area (TPSA) is 75.7 Å². The molecule has 0 unspecified atom stereocenters. The van der Waals surface area contributed by atoms with Crippen molar-refractivity contribution in [3.8, 4) is 5.75 Å². The summed E-state index contributed by atoms with van der Waals surface area (Å²) in [5.74, 6) is 0.0132. The van der Waals surface area contributed by atoms with Gasteiger partial charge >= 0.3 is 0 Å². The molecule has 156 valence electrons. The molecule has 1 saturated heterocycles. The van der Waals surface area contributed by atoms with Gasteiger partial charge < -0.3 is 10.1 Å². The molecule has 0 atom stereocenters. The van der Waals surface area contributed by atoms with Gasteiger partial charge in [-0.1, -0.05) is 12.1 Å². The van der Waals surface area contributed by atoms with Crippen LogP contribution in [0.5, 0.6) is 5.75 Å². The average molecular weight is 421 g/mol. The number of piperidine rings is 1. The highest BCUT2D eigenvalue weighted by atomic mass is 32.2. The van der Waals surface area contributed by atoms with E-state index in [9.17, 15) is 17.6 Å². The molecular formula is C21H25FN2O4S. The van der Waals surface area contributed by atoms with Gasteiger partial charge in [0.2, 0.25) is 15.9 Å². The number of nitrogens with zero attached hydrogens (tertiary/aromatic N) is 1. The fraction of sp³-hybridized carbons (Fsp3) is 0.381. The lowest BCUT2D eigenvalue weighted by molar-refractivity contribution is -0.126. The summed E-state index contributed by atoms with van der Waals surface area (Å²) in [6.45, 7) is 3.47. The van der Waals surface area contributed by atoms with E-state index in [1.54, 1.807) is 0 Å². The van der Waals surface area contributed by atoms with E-state index in [2.05, 4.69) is 5.32 Å². The first-order valence-corrected chi connectivity index (χ1v) is 11.1. The molecule has 0 aliphatic carbocycles.